The summed E-state index contributed by atoms with van der Waals surface area (Å²) in [5.41, 5.74) is 0.119. The molecule has 2 heteroatoms. The summed E-state index contributed by atoms with van der Waals surface area (Å²) in [6.45, 7) is 7.61. The van der Waals surface area contributed by atoms with Crippen LogP contribution in [0, 0.1) is 5.92 Å². The predicted octanol–water partition coefficient (Wildman–Crippen LogP) is 1.88. The second-order valence-electron chi connectivity index (χ2n) is 4.64. The molecular weight excluding hydrogens is 164 g/mol. The predicted molar refractivity (Wildman–Crippen MR) is 51.4 cm³/mol. The van der Waals surface area contributed by atoms with Crippen molar-refractivity contribution >= 4 is 0 Å². The highest BCUT2D eigenvalue weighted by Crippen LogP contribution is 2.45. The van der Waals surface area contributed by atoms with E-state index in [1.807, 2.05) is 13.8 Å². The van der Waals surface area contributed by atoms with Crippen LogP contribution in [0.15, 0.2) is 12.2 Å². The fraction of sp³-hybridized carbons (Fsp3) is 0.818. The van der Waals surface area contributed by atoms with E-state index in [2.05, 4.69) is 6.58 Å². The molecule has 0 amide bonds. The van der Waals surface area contributed by atoms with Crippen LogP contribution >= 0.6 is 0 Å². The highest BCUT2D eigenvalue weighted by molar-refractivity contribution is 5.14. The Bertz CT molecular complexity index is 232. The van der Waals surface area contributed by atoms with E-state index in [0.717, 1.165) is 18.4 Å². The molecule has 2 fully saturated rings. The van der Waals surface area contributed by atoms with Crippen molar-refractivity contribution in [3.8, 4) is 0 Å². The molecule has 2 aliphatic rings. The first-order valence-electron chi connectivity index (χ1n) is 5.05. The van der Waals surface area contributed by atoms with Gasteiger partial charge in [0, 0.05) is 5.92 Å². The van der Waals surface area contributed by atoms with Crippen LogP contribution in [0.25, 0.3) is 0 Å². The smallest absolute Gasteiger partial charge is 0.0877 e. The van der Waals surface area contributed by atoms with E-state index in [9.17, 15) is 5.11 Å². The van der Waals surface area contributed by atoms with Gasteiger partial charge in [-0.2, -0.15) is 0 Å². The van der Waals surface area contributed by atoms with Crippen molar-refractivity contribution in [1.29, 1.82) is 0 Å². The second-order valence-corrected chi connectivity index (χ2v) is 4.64. The third-order valence-electron chi connectivity index (χ3n) is 3.69. The Morgan fingerprint density at radius 2 is 2.23 bits per heavy atom. The highest BCUT2D eigenvalue weighted by atomic mass is 16.5. The Kier molecular flexibility index (Phi) is 2.00. The van der Waals surface area contributed by atoms with Gasteiger partial charge >= 0.3 is 0 Å². The van der Waals surface area contributed by atoms with Gasteiger partial charge < -0.3 is 9.84 Å². The van der Waals surface area contributed by atoms with E-state index in [1.165, 1.54) is 6.42 Å². The van der Waals surface area contributed by atoms with Crippen LogP contribution in [-0.4, -0.2) is 22.9 Å². The summed E-state index contributed by atoms with van der Waals surface area (Å²) in [7, 11) is 0. The van der Waals surface area contributed by atoms with Crippen LogP contribution < -0.4 is 0 Å². The van der Waals surface area contributed by atoms with Gasteiger partial charge in [0.25, 0.3) is 0 Å². The largest absolute Gasteiger partial charge is 0.385 e. The van der Waals surface area contributed by atoms with Crippen molar-refractivity contribution in [3.05, 3.63) is 12.2 Å². The second kappa shape index (κ2) is 2.82. The van der Waals surface area contributed by atoms with Crippen molar-refractivity contribution in [3.63, 3.8) is 0 Å². The maximum absolute atomic E-state index is 10.2. The maximum atomic E-state index is 10.2. The summed E-state index contributed by atoms with van der Waals surface area (Å²) >= 11 is 0. The molecule has 2 rings (SSSR count). The molecule has 0 aliphatic carbocycles. The fourth-order valence-corrected chi connectivity index (χ4v) is 2.55. The van der Waals surface area contributed by atoms with Gasteiger partial charge in [-0.15, -0.1) is 0 Å². The topological polar surface area (TPSA) is 29.5 Å². The molecule has 4 unspecified atom stereocenters. The quantitative estimate of drug-likeness (QED) is 0.661. The molecule has 2 nitrogen and oxygen atoms in total. The number of ether oxygens (including phenoxy) is 1. The van der Waals surface area contributed by atoms with Gasteiger partial charge in [0.05, 0.1) is 17.8 Å². The van der Waals surface area contributed by atoms with Crippen molar-refractivity contribution in [2.45, 2.75) is 50.9 Å². The third kappa shape index (κ3) is 1.32. The van der Waals surface area contributed by atoms with E-state index in [-0.39, 0.29) is 12.0 Å². The fourth-order valence-electron chi connectivity index (χ4n) is 2.55. The van der Waals surface area contributed by atoms with Crippen molar-refractivity contribution in [2.24, 2.45) is 5.92 Å². The average Bonchev–Trinajstić information content (AvgIpc) is 2.63. The molecule has 2 heterocycles. The van der Waals surface area contributed by atoms with Crippen LogP contribution in [0.3, 0.4) is 0 Å². The molecule has 0 spiro atoms. The number of rotatable bonds is 2. The number of fused-ring (bicyclic) bond motifs is 2. The van der Waals surface area contributed by atoms with Gasteiger partial charge in [0.15, 0.2) is 0 Å². The van der Waals surface area contributed by atoms with E-state index in [4.69, 9.17) is 4.74 Å². The number of hydrogen-bond donors (Lipinski definition) is 1. The first kappa shape index (κ1) is 9.22. The van der Waals surface area contributed by atoms with E-state index < -0.39 is 5.60 Å². The first-order valence-corrected chi connectivity index (χ1v) is 5.05. The molecule has 2 bridgehead atoms. The standard InChI is InChI=1S/C11H18O2/c1-7(2)11(3,12)9-6-8-4-5-10(9)13-8/h8-10,12H,1,4-6H2,2-3H3. The minimum absolute atomic E-state index is 0.267. The van der Waals surface area contributed by atoms with Crippen LogP contribution in [0.4, 0.5) is 0 Å². The average molecular weight is 182 g/mol. The molecular formula is C11H18O2. The lowest BCUT2D eigenvalue weighted by molar-refractivity contribution is -0.00363. The molecule has 0 aromatic heterocycles. The zero-order valence-electron chi connectivity index (χ0n) is 8.42. The Morgan fingerprint density at radius 3 is 2.62 bits per heavy atom. The maximum Gasteiger partial charge on any atom is 0.0877 e. The van der Waals surface area contributed by atoms with E-state index in [1.54, 1.807) is 0 Å². The molecule has 2 aliphatic heterocycles. The minimum atomic E-state index is -0.736. The molecule has 0 saturated carbocycles. The molecule has 4 atom stereocenters. The third-order valence-corrected chi connectivity index (χ3v) is 3.69. The lowest BCUT2D eigenvalue weighted by Gasteiger charge is -2.34. The monoisotopic (exact) mass is 182 g/mol. The van der Waals surface area contributed by atoms with Gasteiger partial charge in [0.1, 0.15) is 0 Å². The molecule has 0 radical (unpaired) electrons. The van der Waals surface area contributed by atoms with Gasteiger partial charge in [0.2, 0.25) is 0 Å². The number of hydrogen-bond acceptors (Lipinski definition) is 2. The van der Waals surface area contributed by atoms with Crippen LogP contribution in [0.2, 0.25) is 0 Å². The molecule has 0 aromatic carbocycles. The van der Waals surface area contributed by atoms with Crippen LogP contribution in [-0.2, 0) is 4.74 Å². The Balaban J connectivity index is 2.14. The summed E-state index contributed by atoms with van der Waals surface area (Å²) in [4.78, 5) is 0. The minimum Gasteiger partial charge on any atom is -0.385 e. The first-order chi connectivity index (χ1) is 6.01. The summed E-state index contributed by atoms with van der Waals surface area (Å²) < 4.78 is 5.72. The van der Waals surface area contributed by atoms with Crippen LogP contribution in [0.1, 0.15) is 33.1 Å². The summed E-state index contributed by atoms with van der Waals surface area (Å²) in [5.74, 6) is 0.267. The Labute approximate surface area is 79.6 Å². The summed E-state index contributed by atoms with van der Waals surface area (Å²) in [5, 5.41) is 10.2. The molecule has 74 valence electrons. The molecule has 13 heavy (non-hydrogen) atoms. The van der Waals surface area contributed by atoms with Crippen molar-refractivity contribution in [2.75, 3.05) is 0 Å². The molecule has 2 saturated heterocycles. The normalized spacial score (nSPS) is 41.9. The zero-order chi connectivity index (χ0) is 9.64. The molecule has 0 aromatic rings. The molecule has 1 N–H and O–H groups in total. The van der Waals surface area contributed by atoms with Gasteiger partial charge in [-0.1, -0.05) is 6.58 Å². The van der Waals surface area contributed by atoms with Crippen molar-refractivity contribution in [1.82, 2.24) is 0 Å². The van der Waals surface area contributed by atoms with Gasteiger partial charge in [-0.25, -0.2) is 0 Å². The van der Waals surface area contributed by atoms with E-state index in [0.29, 0.717) is 6.10 Å². The van der Waals surface area contributed by atoms with Gasteiger partial charge in [-0.3, -0.25) is 0 Å². The lowest BCUT2D eigenvalue weighted by atomic mass is 9.75. The SMILES string of the molecule is C=C(C)C(C)(O)C1CC2CCC1O2. The van der Waals surface area contributed by atoms with Crippen LogP contribution in [0.5, 0.6) is 0 Å². The van der Waals surface area contributed by atoms with E-state index >= 15 is 0 Å². The highest BCUT2D eigenvalue weighted by Gasteiger charge is 2.49. The van der Waals surface area contributed by atoms with Crippen molar-refractivity contribution < 1.29 is 9.84 Å². The Hall–Kier alpha value is -0.340. The summed E-state index contributed by atoms with van der Waals surface area (Å²) in [6, 6.07) is 0. The zero-order valence-corrected chi connectivity index (χ0v) is 8.42. The number of aliphatic hydroxyl groups is 1. The van der Waals surface area contributed by atoms with Gasteiger partial charge in [-0.05, 0) is 38.7 Å². The lowest BCUT2D eigenvalue weighted by Crippen LogP contribution is -2.41. The summed E-state index contributed by atoms with van der Waals surface area (Å²) in [6.07, 6.45) is 3.97. The Morgan fingerprint density at radius 1 is 1.54 bits per heavy atom.